The van der Waals surface area contributed by atoms with Gasteiger partial charge in [0.2, 0.25) is 5.88 Å². The fourth-order valence-electron chi connectivity index (χ4n) is 1.39. The van der Waals surface area contributed by atoms with Crippen molar-refractivity contribution in [1.82, 2.24) is 4.98 Å². The molecule has 0 amide bonds. The second kappa shape index (κ2) is 6.02. The zero-order valence-corrected chi connectivity index (χ0v) is 10.2. The first-order valence-corrected chi connectivity index (χ1v) is 5.70. The van der Waals surface area contributed by atoms with E-state index in [1.807, 2.05) is 36.4 Å². The van der Waals surface area contributed by atoms with Crippen LogP contribution >= 0.6 is 11.6 Å². The molecule has 18 heavy (non-hydrogen) atoms. The zero-order valence-electron chi connectivity index (χ0n) is 9.45. The van der Waals surface area contributed by atoms with Crippen molar-refractivity contribution in [2.75, 3.05) is 0 Å². The van der Waals surface area contributed by atoms with Gasteiger partial charge in [0.1, 0.15) is 10.9 Å². The fraction of sp³-hybridized carbons (Fsp3) is 0.0769. The Bertz CT molecular complexity index is 526. The van der Waals surface area contributed by atoms with E-state index in [9.17, 15) is 0 Å². The molecular weight excluding hydrogens is 252 g/mol. The van der Waals surface area contributed by atoms with Crippen molar-refractivity contribution in [1.29, 1.82) is 0 Å². The Morgan fingerprint density at radius 2 is 2.00 bits per heavy atom. The molecule has 5 heteroatoms. The monoisotopic (exact) mass is 262 g/mol. The molecule has 92 valence electrons. The minimum absolute atomic E-state index is 0.119. The van der Waals surface area contributed by atoms with E-state index in [4.69, 9.17) is 21.5 Å². The number of para-hydroxylation sites is 1. The van der Waals surface area contributed by atoms with Gasteiger partial charge in [0.05, 0.1) is 0 Å². The number of benzene rings is 1. The molecule has 0 aliphatic heterocycles. The highest BCUT2D eigenvalue weighted by atomic mass is 35.5. The van der Waals surface area contributed by atoms with Crippen molar-refractivity contribution < 1.29 is 9.94 Å². The lowest BCUT2D eigenvalue weighted by molar-refractivity contribution is 0.319. The number of pyridine rings is 1. The number of aromatic nitrogens is 1. The average Bonchev–Trinajstić information content (AvgIpc) is 2.42. The van der Waals surface area contributed by atoms with E-state index in [2.05, 4.69) is 10.1 Å². The van der Waals surface area contributed by atoms with Crippen LogP contribution in [0.4, 0.5) is 0 Å². The highest BCUT2D eigenvalue weighted by Gasteiger charge is 2.01. The Labute approximate surface area is 109 Å². The van der Waals surface area contributed by atoms with E-state index in [0.29, 0.717) is 12.3 Å². The van der Waals surface area contributed by atoms with Crippen molar-refractivity contribution in [3.8, 4) is 11.6 Å². The van der Waals surface area contributed by atoms with Crippen LogP contribution in [0.1, 0.15) is 5.56 Å². The molecule has 0 radical (unpaired) electrons. The summed E-state index contributed by atoms with van der Waals surface area (Å²) in [4.78, 5) is 4.14. The summed E-state index contributed by atoms with van der Waals surface area (Å²) in [5.41, 5.74) is 0.846. The molecule has 1 heterocycles. The van der Waals surface area contributed by atoms with Crippen LogP contribution < -0.4 is 4.74 Å². The Morgan fingerprint density at radius 1 is 1.22 bits per heavy atom. The third-order valence-corrected chi connectivity index (χ3v) is 2.43. The Balaban J connectivity index is 2.04. The van der Waals surface area contributed by atoms with Gasteiger partial charge in [-0.1, -0.05) is 41.0 Å². The Morgan fingerprint density at radius 3 is 2.61 bits per heavy atom. The first-order valence-electron chi connectivity index (χ1n) is 5.32. The summed E-state index contributed by atoms with van der Waals surface area (Å²) in [6.07, 6.45) is 1.97. The molecule has 1 N–H and O–H groups in total. The van der Waals surface area contributed by atoms with E-state index >= 15 is 0 Å². The number of halogens is 1. The molecule has 1 aromatic heterocycles. The van der Waals surface area contributed by atoms with Crippen LogP contribution in [-0.4, -0.2) is 15.4 Å². The standard InChI is InChI=1S/C13H11ClN2O2/c14-12(16-17)8-10-6-7-13(15-9-10)18-11-4-2-1-3-5-11/h1-7,9,17H,8H2/b16-12-. The summed E-state index contributed by atoms with van der Waals surface area (Å²) in [5.74, 6) is 1.23. The molecule has 2 aromatic rings. The van der Waals surface area contributed by atoms with Crippen LogP contribution in [0.5, 0.6) is 11.6 Å². The number of hydrogen-bond acceptors (Lipinski definition) is 4. The van der Waals surface area contributed by atoms with E-state index in [1.54, 1.807) is 12.3 Å². The van der Waals surface area contributed by atoms with Gasteiger partial charge in [-0.15, -0.1) is 0 Å². The van der Waals surface area contributed by atoms with Crippen molar-refractivity contribution in [2.24, 2.45) is 5.16 Å². The van der Waals surface area contributed by atoms with Gasteiger partial charge in [-0.25, -0.2) is 4.98 Å². The number of ether oxygens (including phenoxy) is 1. The second-order valence-electron chi connectivity index (χ2n) is 3.57. The smallest absolute Gasteiger partial charge is 0.219 e. The van der Waals surface area contributed by atoms with Crippen LogP contribution in [0.2, 0.25) is 0 Å². The topological polar surface area (TPSA) is 54.7 Å². The van der Waals surface area contributed by atoms with E-state index < -0.39 is 0 Å². The highest BCUT2D eigenvalue weighted by Crippen LogP contribution is 2.18. The minimum Gasteiger partial charge on any atom is -0.439 e. The van der Waals surface area contributed by atoms with Gasteiger partial charge in [-0.05, 0) is 17.7 Å². The second-order valence-corrected chi connectivity index (χ2v) is 4.01. The molecule has 0 atom stereocenters. The summed E-state index contributed by atoms with van der Waals surface area (Å²) < 4.78 is 5.54. The summed E-state index contributed by atoms with van der Waals surface area (Å²) in [5, 5.41) is 11.5. The van der Waals surface area contributed by atoms with Gasteiger partial charge in [-0.3, -0.25) is 0 Å². The lowest BCUT2D eigenvalue weighted by atomic mass is 10.2. The molecule has 0 saturated heterocycles. The number of nitrogens with zero attached hydrogens (tertiary/aromatic N) is 2. The normalized spacial score (nSPS) is 11.3. The van der Waals surface area contributed by atoms with Crippen molar-refractivity contribution >= 4 is 16.8 Å². The maximum absolute atomic E-state index is 8.46. The predicted octanol–water partition coefficient (Wildman–Crippen LogP) is 3.44. The lowest BCUT2D eigenvalue weighted by Gasteiger charge is -2.04. The number of rotatable bonds is 4. The number of hydrogen-bond donors (Lipinski definition) is 1. The lowest BCUT2D eigenvalue weighted by Crippen LogP contribution is -1.96. The Kier molecular flexibility index (Phi) is 4.15. The molecule has 0 aliphatic carbocycles. The van der Waals surface area contributed by atoms with Crippen molar-refractivity contribution in [2.45, 2.75) is 6.42 Å². The third-order valence-electron chi connectivity index (χ3n) is 2.22. The van der Waals surface area contributed by atoms with Gasteiger partial charge in [0.15, 0.2) is 0 Å². The van der Waals surface area contributed by atoms with E-state index in [-0.39, 0.29) is 5.17 Å². The maximum Gasteiger partial charge on any atom is 0.219 e. The van der Waals surface area contributed by atoms with Gasteiger partial charge >= 0.3 is 0 Å². The van der Waals surface area contributed by atoms with E-state index in [0.717, 1.165) is 11.3 Å². The molecule has 4 nitrogen and oxygen atoms in total. The summed E-state index contributed by atoms with van der Waals surface area (Å²) >= 11 is 5.61. The van der Waals surface area contributed by atoms with Crippen LogP contribution in [0.3, 0.4) is 0 Å². The summed E-state index contributed by atoms with van der Waals surface area (Å²) in [6.45, 7) is 0. The van der Waals surface area contributed by atoms with Crippen molar-refractivity contribution in [3.05, 3.63) is 54.2 Å². The molecule has 0 unspecified atom stereocenters. The average molecular weight is 263 g/mol. The first-order chi connectivity index (χ1) is 8.78. The van der Waals surface area contributed by atoms with Crippen LogP contribution in [0.15, 0.2) is 53.8 Å². The molecule has 2 rings (SSSR count). The minimum atomic E-state index is 0.119. The Hall–Kier alpha value is -2.07. The van der Waals surface area contributed by atoms with Crippen LogP contribution in [0.25, 0.3) is 0 Å². The summed E-state index contributed by atoms with van der Waals surface area (Å²) in [6, 6.07) is 13.0. The molecule has 0 aliphatic rings. The van der Waals surface area contributed by atoms with Crippen LogP contribution in [0, 0.1) is 0 Å². The van der Waals surface area contributed by atoms with Gasteiger partial charge in [0.25, 0.3) is 0 Å². The first kappa shape index (κ1) is 12.4. The quantitative estimate of drug-likeness (QED) is 0.522. The van der Waals surface area contributed by atoms with Gasteiger partial charge < -0.3 is 9.94 Å². The molecule has 0 fully saturated rings. The summed E-state index contributed by atoms with van der Waals surface area (Å²) in [7, 11) is 0. The van der Waals surface area contributed by atoms with Crippen LogP contribution in [-0.2, 0) is 6.42 Å². The SMILES string of the molecule is O/N=C(\Cl)Cc1ccc(Oc2ccccc2)nc1. The van der Waals surface area contributed by atoms with Gasteiger partial charge in [-0.2, -0.15) is 0 Å². The van der Waals surface area contributed by atoms with Gasteiger partial charge in [0, 0.05) is 18.7 Å². The molecule has 0 bridgehead atoms. The van der Waals surface area contributed by atoms with Crippen molar-refractivity contribution in [3.63, 3.8) is 0 Å². The molecule has 0 saturated carbocycles. The highest BCUT2D eigenvalue weighted by molar-refractivity contribution is 6.65. The predicted molar refractivity (Wildman–Crippen MR) is 69.5 cm³/mol. The number of oxime groups is 1. The fourth-order valence-corrected chi connectivity index (χ4v) is 1.54. The zero-order chi connectivity index (χ0) is 12.8. The third kappa shape index (κ3) is 3.46. The molecule has 1 aromatic carbocycles. The molecule has 0 spiro atoms. The molecular formula is C13H11ClN2O2. The maximum atomic E-state index is 8.46. The largest absolute Gasteiger partial charge is 0.439 e. The van der Waals surface area contributed by atoms with E-state index in [1.165, 1.54) is 0 Å².